The average Bonchev–Trinajstić information content (AvgIpc) is 2.53. The molecule has 0 saturated carbocycles. The number of likely N-dealkylation sites (tertiary alicyclic amines) is 1. The summed E-state index contributed by atoms with van der Waals surface area (Å²) in [6, 6.07) is 0.332. The molecule has 6 nitrogen and oxygen atoms in total. The molecule has 2 rings (SSSR count). The van der Waals surface area contributed by atoms with E-state index >= 15 is 0 Å². The maximum Gasteiger partial charge on any atom is 0.320 e. The Morgan fingerprint density at radius 2 is 2.00 bits per heavy atom. The Morgan fingerprint density at radius 1 is 1.29 bits per heavy atom. The van der Waals surface area contributed by atoms with Crippen LogP contribution in [0.2, 0.25) is 0 Å². The predicted octanol–water partition coefficient (Wildman–Crippen LogP) is 1.37. The molecule has 0 aromatic rings. The number of carbonyl (C=O) groups excluding carboxylic acids is 1. The van der Waals surface area contributed by atoms with Crippen LogP contribution in [0.15, 0.2) is 0 Å². The standard InChI is InChI=1S/C15H27N3O3/c1-2-9-18(13-5-7-16-8-6-13)15(21)17-10-3-4-12(11-17)14(19)20/h12-13,16H,2-11H2,1H3,(H,19,20)/t12-/m0/s1. The molecule has 0 unspecified atom stereocenters. The number of rotatable bonds is 4. The Labute approximate surface area is 126 Å². The molecule has 0 aromatic heterocycles. The fraction of sp³-hybridized carbons (Fsp3) is 0.867. The van der Waals surface area contributed by atoms with Crippen molar-refractivity contribution in [1.29, 1.82) is 0 Å². The highest BCUT2D eigenvalue weighted by atomic mass is 16.4. The molecule has 120 valence electrons. The molecule has 0 aromatic carbocycles. The van der Waals surface area contributed by atoms with Gasteiger partial charge in [-0.1, -0.05) is 6.92 Å². The smallest absolute Gasteiger partial charge is 0.320 e. The molecule has 2 fully saturated rings. The van der Waals surface area contributed by atoms with Gasteiger partial charge in [0.15, 0.2) is 0 Å². The Bertz CT molecular complexity index is 369. The lowest BCUT2D eigenvalue weighted by Crippen LogP contribution is -2.54. The van der Waals surface area contributed by atoms with Gasteiger partial charge in [-0.05, 0) is 45.2 Å². The van der Waals surface area contributed by atoms with E-state index in [-0.39, 0.29) is 6.03 Å². The second-order valence-corrected chi connectivity index (χ2v) is 6.08. The van der Waals surface area contributed by atoms with Crippen molar-refractivity contribution in [3.8, 4) is 0 Å². The summed E-state index contributed by atoms with van der Waals surface area (Å²) in [4.78, 5) is 27.7. The maximum absolute atomic E-state index is 12.8. The molecule has 2 N–H and O–H groups in total. The Kier molecular flexibility index (Phi) is 5.85. The topological polar surface area (TPSA) is 72.9 Å². The number of carboxylic acid groups (broad SMARTS) is 1. The molecular formula is C15H27N3O3. The van der Waals surface area contributed by atoms with Gasteiger partial charge in [-0.2, -0.15) is 0 Å². The van der Waals surface area contributed by atoms with Crippen molar-refractivity contribution in [2.45, 2.75) is 45.1 Å². The zero-order chi connectivity index (χ0) is 15.2. The van der Waals surface area contributed by atoms with Crippen LogP contribution in [0.5, 0.6) is 0 Å². The number of urea groups is 1. The Morgan fingerprint density at radius 3 is 2.62 bits per heavy atom. The summed E-state index contributed by atoms with van der Waals surface area (Å²) in [6.07, 6.45) is 4.38. The summed E-state index contributed by atoms with van der Waals surface area (Å²) in [5.74, 6) is -1.18. The van der Waals surface area contributed by atoms with Gasteiger partial charge in [0, 0.05) is 25.7 Å². The van der Waals surface area contributed by atoms with Crippen molar-refractivity contribution in [2.75, 3.05) is 32.7 Å². The van der Waals surface area contributed by atoms with Crippen molar-refractivity contribution >= 4 is 12.0 Å². The second-order valence-electron chi connectivity index (χ2n) is 6.08. The van der Waals surface area contributed by atoms with E-state index in [1.807, 2.05) is 4.90 Å². The van der Waals surface area contributed by atoms with Crippen LogP contribution in [0, 0.1) is 5.92 Å². The summed E-state index contributed by atoms with van der Waals surface area (Å²) in [6.45, 7) is 5.80. The lowest BCUT2D eigenvalue weighted by molar-refractivity contribution is -0.143. The first-order chi connectivity index (χ1) is 10.1. The number of amides is 2. The van der Waals surface area contributed by atoms with Crippen molar-refractivity contribution in [3.63, 3.8) is 0 Å². The molecule has 0 spiro atoms. The number of hydrogen-bond donors (Lipinski definition) is 2. The largest absolute Gasteiger partial charge is 0.481 e. The van der Waals surface area contributed by atoms with Gasteiger partial charge in [0.2, 0.25) is 0 Å². The van der Waals surface area contributed by atoms with Gasteiger partial charge in [0.1, 0.15) is 0 Å². The van der Waals surface area contributed by atoms with Gasteiger partial charge in [0.05, 0.1) is 5.92 Å². The second kappa shape index (κ2) is 7.64. The summed E-state index contributed by atoms with van der Waals surface area (Å²) in [5.41, 5.74) is 0. The summed E-state index contributed by atoms with van der Waals surface area (Å²) in [7, 11) is 0. The minimum atomic E-state index is -0.781. The van der Waals surface area contributed by atoms with Gasteiger partial charge >= 0.3 is 12.0 Å². The molecule has 2 heterocycles. The highest BCUT2D eigenvalue weighted by molar-refractivity contribution is 5.77. The van der Waals surface area contributed by atoms with E-state index in [1.165, 1.54) is 0 Å². The van der Waals surface area contributed by atoms with E-state index < -0.39 is 11.9 Å². The van der Waals surface area contributed by atoms with Crippen LogP contribution in [0.1, 0.15) is 39.0 Å². The van der Waals surface area contributed by atoms with Gasteiger partial charge in [-0.3, -0.25) is 4.79 Å². The quantitative estimate of drug-likeness (QED) is 0.822. The van der Waals surface area contributed by atoms with Crippen LogP contribution >= 0.6 is 0 Å². The normalized spacial score (nSPS) is 23.9. The Balaban J connectivity index is 2.01. The summed E-state index contributed by atoms with van der Waals surface area (Å²) in [5, 5.41) is 12.5. The number of carbonyl (C=O) groups is 2. The fourth-order valence-electron chi connectivity index (χ4n) is 3.33. The van der Waals surface area contributed by atoms with Crippen LogP contribution in [0.25, 0.3) is 0 Å². The first-order valence-electron chi connectivity index (χ1n) is 8.12. The lowest BCUT2D eigenvalue weighted by Gasteiger charge is -2.40. The predicted molar refractivity (Wildman–Crippen MR) is 80.2 cm³/mol. The summed E-state index contributed by atoms with van der Waals surface area (Å²) >= 11 is 0. The SMILES string of the molecule is CCCN(C(=O)N1CCC[C@H](C(=O)O)C1)C1CCNCC1. The fourth-order valence-corrected chi connectivity index (χ4v) is 3.33. The number of nitrogens with zero attached hydrogens (tertiary/aromatic N) is 2. The number of nitrogens with one attached hydrogen (secondary N) is 1. The minimum absolute atomic E-state index is 0.0368. The summed E-state index contributed by atoms with van der Waals surface area (Å²) < 4.78 is 0. The molecule has 6 heteroatoms. The van der Waals surface area contributed by atoms with Crippen LogP contribution in [-0.4, -0.2) is 65.7 Å². The van der Waals surface area contributed by atoms with Gasteiger partial charge in [-0.15, -0.1) is 0 Å². The molecular weight excluding hydrogens is 270 g/mol. The van der Waals surface area contributed by atoms with Gasteiger partial charge in [-0.25, -0.2) is 4.79 Å². The van der Waals surface area contributed by atoms with Crippen molar-refractivity contribution in [2.24, 2.45) is 5.92 Å². The Hall–Kier alpha value is -1.30. The molecule has 21 heavy (non-hydrogen) atoms. The molecule has 1 atom stereocenters. The first kappa shape index (κ1) is 16.1. The van der Waals surface area contributed by atoms with Crippen molar-refractivity contribution < 1.29 is 14.7 Å². The zero-order valence-electron chi connectivity index (χ0n) is 12.9. The van der Waals surface area contributed by atoms with E-state index in [1.54, 1.807) is 4.90 Å². The molecule has 2 saturated heterocycles. The van der Waals surface area contributed by atoms with Crippen LogP contribution in [0.3, 0.4) is 0 Å². The third-order valence-corrected chi connectivity index (χ3v) is 4.50. The number of aliphatic carboxylic acids is 1. The van der Waals surface area contributed by atoms with E-state index in [0.29, 0.717) is 25.6 Å². The monoisotopic (exact) mass is 297 g/mol. The molecule has 0 aliphatic carbocycles. The number of carboxylic acids is 1. The van der Waals surface area contributed by atoms with Crippen LogP contribution in [-0.2, 0) is 4.79 Å². The molecule has 2 aliphatic heterocycles. The van der Waals surface area contributed by atoms with E-state index in [0.717, 1.165) is 45.3 Å². The van der Waals surface area contributed by atoms with Gasteiger partial charge < -0.3 is 20.2 Å². The van der Waals surface area contributed by atoms with Crippen molar-refractivity contribution in [3.05, 3.63) is 0 Å². The number of piperidine rings is 2. The molecule has 2 amide bonds. The third-order valence-electron chi connectivity index (χ3n) is 4.50. The van der Waals surface area contributed by atoms with E-state index in [4.69, 9.17) is 5.11 Å². The highest BCUT2D eigenvalue weighted by Gasteiger charge is 2.33. The van der Waals surface area contributed by atoms with Crippen LogP contribution in [0.4, 0.5) is 4.79 Å². The third kappa shape index (κ3) is 4.09. The first-order valence-corrected chi connectivity index (χ1v) is 8.12. The zero-order valence-corrected chi connectivity index (χ0v) is 12.9. The molecule has 0 bridgehead atoms. The molecule has 2 aliphatic rings. The van der Waals surface area contributed by atoms with E-state index in [9.17, 15) is 9.59 Å². The van der Waals surface area contributed by atoms with Crippen molar-refractivity contribution in [1.82, 2.24) is 15.1 Å². The van der Waals surface area contributed by atoms with Gasteiger partial charge in [0.25, 0.3) is 0 Å². The molecule has 0 radical (unpaired) electrons. The lowest BCUT2D eigenvalue weighted by atomic mass is 9.98. The number of hydrogen-bond acceptors (Lipinski definition) is 3. The minimum Gasteiger partial charge on any atom is -0.481 e. The average molecular weight is 297 g/mol. The van der Waals surface area contributed by atoms with E-state index in [2.05, 4.69) is 12.2 Å². The van der Waals surface area contributed by atoms with Crippen LogP contribution < -0.4 is 5.32 Å². The highest BCUT2D eigenvalue weighted by Crippen LogP contribution is 2.21. The maximum atomic E-state index is 12.8.